The van der Waals surface area contributed by atoms with Crippen LogP contribution in [0.1, 0.15) is 44.7 Å². The normalized spacial score (nSPS) is 17.1. The number of nitrogens with two attached hydrogens (primary N) is 1. The average molecular weight is 368 g/mol. The second kappa shape index (κ2) is 8.19. The van der Waals surface area contributed by atoms with Gasteiger partial charge >= 0.3 is 0 Å². The van der Waals surface area contributed by atoms with E-state index in [1.54, 1.807) is 6.92 Å². The molecule has 2 unspecified atom stereocenters. The second-order valence-electron chi connectivity index (χ2n) is 7.05. The molecular formula is C18H29N3O3S. The Kier molecular flexibility index (Phi) is 6.46. The summed E-state index contributed by atoms with van der Waals surface area (Å²) in [5, 5.41) is 7.90. The van der Waals surface area contributed by atoms with Gasteiger partial charge in [-0.25, -0.2) is 13.6 Å². The molecule has 1 aromatic carbocycles. The molecule has 7 heteroatoms. The van der Waals surface area contributed by atoms with Gasteiger partial charge in [0.1, 0.15) is 18.2 Å². The van der Waals surface area contributed by atoms with Crippen LogP contribution in [0.5, 0.6) is 5.75 Å². The summed E-state index contributed by atoms with van der Waals surface area (Å²) in [7, 11) is -3.60. The average Bonchev–Trinajstić information content (AvgIpc) is 3.04. The SMILES string of the molecule is CC(C)Cc1c(OCC2=NCCN2)cccc1C(C)C(C)S(N)(=O)=O. The van der Waals surface area contributed by atoms with Crippen LogP contribution in [0.2, 0.25) is 0 Å². The topological polar surface area (TPSA) is 93.8 Å². The highest BCUT2D eigenvalue weighted by Gasteiger charge is 2.27. The van der Waals surface area contributed by atoms with E-state index in [1.165, 1.54) is 0 Å². The largest absolute Gasteiger partial charge is 0.485 e. The first-order chi connectivity index (χ1) is 11.7. The van der Waals surface area contributed by atoms with Crippen LogP contribution in [0.25, 0.3) is 0 Å². The van der Waals surface area contributed by atoms with Crippen molar-refractivity contribution in [3.8, 4) is 5.75 Å². The maximum absolute atomic E-state index is 11.8. The Morgan fingerprint density at radius 2 is 2.00 bits per heavy atom. The van der Waals surface area contributed by atoms with Gasteiger partial charge in [0.05, 0.1) is 11.8 Å². The van der Waals surface area contributed by atoms with Crippen molar-refractivity contribution in [3.63, 3.8) is 0 Å². The molecule has 6 nitrogen and oxygen atoms in total. The molecule has 0 saturated carbocycles. The highest BCUT2D eigenvalue weighted by atomic mass is 32.2. The number of nitrogens with zero attached hydrogens (tertiary/aromatic N) is 1. The van der Waals surface area contributed by atoms with Crippen LogP contribution in [0.3, 0.4) is 0 Å². The Morgan fingerprint density at radius 3 is 2.56 bits per heavy atom. The smallest absolute Gasteiger partial charge is 0.212 e. The number of benzene rings is 1. The van der Waals surface area contributed by atoms with Crippen LogP contribution >= 0.6 is 0 Å². The molecule has 1 aliphatic heterocycles. The van der Waals surface area contributed by atoms with E-state index >= 15 is 0 Å². The molecule has 2 atom stereocenters. The minimum atomic E-state index is -3.60. The van der Waals surface area contributed by atoms with E-state index in [4.69, 9.17) is 9.88 Å². The summed E-state index contributed by atoms with van der Waals surface area (Å²) < 4.78 is 29.6. The lowest BCUT2D eigenvalue weighted by Crippen LogP contribution is -2.31. The molecule has 2 rings (SSSR count). The fourth-order valence-corrected chi connectivity index (χ4v) is 3.71. The fourth-order valence-electron chi connectivity index (χ4n) is 3.00. The van der Waals surface area contributed by atoms with Gasteiger partial charge in [0.15, 0.2) is 0 Å². The molecule has 3 N–H and O–H groups in total. The van der Waals surface area contributed by atoms with Gasteiger partial charge in [-0.2, -0.15) is 0 Å². The number of sulfonamides is 1. The van der Waals surface area contributed by atoms with Crippen LogP contribution in [0, 0.1) is 5.92 Å². The predicted octanol–water partition coefficient (Wildman–Crippen LogP) is 2.05. The number of primary sulfonamides is 1. The summed E-state index contributed by atoms with van der Waals surface area (Å²) in [6.07, 6.45) is 0.813. The highest BCUT2D eigenvalue weighted by molar-refractivity contribution is 7.89. The minimum Gasteiger partial charge on any atom is -0.485 e. The van der Waals surface area contributed by atoms with Crippen molar-refractivity contribution in [1.82, 2.24) is 5.32 Å². The Morgan fingerprint density at radius 1 is 1.28 bits per heavy atom. The van der Waals surface area contributed by atoms with E-state index in [1.807, 2.05) is 25.1 Å². The Labute approximate surface area is 150 Å². The van der Waals surface area contributed by atoms with E-state index in [0.29, 0.717) is 12.5 Å². The zero-order valence-corrected chi connectivity index (χ0v) is 16.3. The van der Waals surface area contributed by atoms with E-state index in [0.717, 1.165) is 42.2 Å². The Balaban J connectivity index is 2.33. The van der Waals surface area contributed by atoms with Gasteiger partial charge in [0.25, 0.3) is 0 Å². The number of nitrogens with one attached hydrogen (secondary N) is 1. The van der Waals surface area contributed by atoms with Crippen molar-refractivity contribution in [2.24, 2.45) is 16.0 Å². The zero-order valence-electron chi connectivity index (χ0n) is 15.5. The molecule has 0 fully saturated rings. The molecule has 0 saturated heterocycles. The summed E-state index contributed by atoms with van der Waals surface area (Å²) in [6, 6.07) is 5.82. The lowest BCUT2D eigenvalue weighted by atomic mass is 9.88. The van der Waals surface area contributed by atoms with Crippen molar-refractivity contribution in [3.05, 3.63) is 29.3 Å². The molecule has 0 radical (unpaired) electrons. The van der Waals surface area contributed by atoms with E-state index in [-0.39, 0.29) is 5.92 Å². The Bertz CT molecular complexity index is 729. The van der Waals surface area contributed by atoms with Crippen LogP contribution in [-0.2, 0) is 16.4 Å². The Hall–Kier alpha value is -1.60. The molecule has 1 aliphatic rings. The monoisotopic (exact) mass is 367 g/mol. The standard InChI is InChI=1S/C18H29N3O3S/c1-12(2)10-16-15(13(3)14(4)25(19,22)23)6-5-7-17(16)24-11-18-20-8-9-21-18/h5-7,12-14H,8-11H2,1-4H3,(H,20,21)(H2,19,22,23). The first-order valence-corrected chi connectivity index (χ1v) is 10.3. The van der Waals surface area contributed by atoms with Crippen molar-refractivity contribution >= 4 is 15.9 Å². The number of hydrogen-bond donors (Lipinski definition) is 2. The number of amidine groups is 1. The first kappa shape index (κ1) is 19.7. The molecule has 0 amide bonds. The van der Waals surface area contributed by atoms with Crippen LogP contribution in [-0.4, -0.2) is 39.2 Å². The number of hydrogen-bond acceptors (Lipinski definition) is 5. The highest BCUT2D eigenvalue weighted by Crippen LogP contribution is 2.33. The summed E-state index contributed by atoms with van der Waals surface area (Å²) in [6.45, 7) is 9.85. The van der Waals surface area contributed by atoms with Gasteiger partial charge < -0.3 is 10.1 Å². The van der Waals surface area contributed by atoms with Gasteiger partial charge in [0, 0.05) is 6.54 Å². The van der Waals surface area contributed by atoms with Gasteiger partial charge in [-0.3, -0.25) is 4.99 Å². The number of ether oxygens (including phenoxy) is 1. The van der Waals surface area contributed by atoms with Gasteiger partial charge in [-0.05, 0) is 42.4 Å². The van der Waals surface area contributed by atoms with E-state index in [9.17, 15) is 8.42 Å². The molecule has 0 bridgehead atoms. The lowest BCUT2D eigenvalue weighted by Gasteiger charge is -2.24. The van der Waals surface area contributed by atoms with Crippen molar-refractivity contribution in [1.29, 1.82) is 0 Å². The minimum absolute atomic E-state index is 0.214. The molecule has 1 heterocycles. The molecule has 25 heavy (non-hydrogen) atoms. The van der Waals surface area contributed by atoms with E-state index < -0.39 is 15.3 Å². The quantitative estimate of drug-likeness (QED) is 0.735. The van der Waals surface area contributed by atoms with Crippen molar-refractivity contribution in [2.45, 2.75) is 45.3 Å². The third kappa shape index (κ3) is 5.19. The summed E-state index contributed by atoms with van der Waals surface area (Å²) >= 11 is 0. The molecular weight excluding hydrogens is 338 g/mol. The van der Waals surface area contributed by atoms with E-state index in [2.05, 4.69) is 24.2 Å². The fraction of sp³-hybridized carbons (Fsp3) is 0.611. The van der Waals surface area contributed by atoms with Crippen LogP contribution in [0.4, 0.5) is 0 Å². The zero-order chi connectivity index (χ0) is 18.6. The summed E-state index contributed by atoms with van der Waals surface area (Å²) in [5.41, 5.74) is 2.04. The maximum Gasteiger partial charge on any atom is 0.212 e. The predicted molar refractivity (Wildman–Crippen MR) is 102 cm³/mol. The summed E-state index contributed by atoms with van der Waals surface area (Å²) in [4.78, 5) is 4.34. The van der Waals surface area contributed by atoms with Crippen LogP contribution < -0.4 is 15.2 Å². The molecule has 0 spiro atoms. The van der Waals surface area contributed by atoms with Gasteiger partial charge in [-0.1, -0.05) is 32.9 Å². The molecule has 1 aromatic rings. The molecule has 140 valence electrons. The second-order valence-corrected chi connectivity index (χ2v) is 8.97. The number of aliphatic imine (C=N–C) groups is 1. The number of rotatable bonds is 8. The third-order valence-electron chi connectivity index (χ3n) is 4.60. The van der Waals surface area contributed by atoms with Gasteiger partial charge in [-0.15, -0.1) is 0 Å². The van der Waals surface area contributed by atoms with Crippen molar-refractivity contribution in [2.75, 3.05) is 19.7 Å². The summed E-state index contributed by atoms with van der Waals surface area (Å²) in [5.74, 6) is 1.85. The molecule has 0 aromatic heterocycles. The van der Waals surface area contributed by atoms with Gasteiger partial charge in [0.2, 0.25) is 10.0 Å². The third-order valence-corrected chi connectivity index (χ3v) is 6.05. The lowest BCUT2D eigenvalue weighted by molar-refractivity contribution is 0.366. The molecule has 0 aliphatic carbocycles. The van der Waals surface area contributed by atoms with Crippen molar-refractivity contribution < 1.29 is 13.2 Å². The first-order valence-electron chi connectivity index (χ1n) is 8.73. The maximum atomic E-state index is 11.8. The van der Waals surface area contributed by atoms with Crippen LogP contribution in [0.15, 0.2) is 23.2 Å².